The van der Waals surface area contributed by atoms with E-state index >= 15 is 0 Å². The van der Waals surface area contributed by atoms with Gasteiger partial charge in [-0.25, -0.2) is 8.78 Å². The molecule has 23 heavy (non-hydrogen) atoms. The van der Waals surface area contributed by atoms with E-state index in [4.69, 9.17) is 4.74 Å². The second-order valence-corrected chi connectivity index (χ2v) is 5.80. The van der Waals surface area contributed by atoms with Crippen molar-refractivity contribution in [2.24, 2.45) is 0 Å². The largest absolute Gasteiger partial charge is 0.489 e. The van der Waals surface area contributed by atoms with Gasteiger partial charge in [-0.2, -0.15) is 0 Å². The number of anilines is 1. The van der Waals surface area contributed by atoms with E-state index in [1.165, 1.54) is 12.1 Å². The molecule has 3 nitrogen and oxygen atoms in total. The van der Waals surface area contributed by atoms with Crippen molar-refractivity contribution >= 4 is 5.69 Å². The lowest BCUT2D eigenvalue weighted by Crippen LogP contribution is -2.45. The standard InChI is InChI=1S/C18H20F2N2O/c1-21-7-9-22(10-8-21)18-16(19)11-15(12-17(18)20)23-13-14-5-3-2-4-6-14/h2-6,11-12H,7-10,13H2,1H3. The van der Waals surface area contributed by atoms with Gasteiger partial charge in [0, 0.05) is 38.3 Å². The Morgan fingerprint density at radius 2 is 1.57 bits per heavy atom. The number of halogens is 2. The van der Waals surface area contributed by atoms with Crippen LogP contribution in [0.3, 0.4) is 0 Å². The van der Waals surface area contributed by atoms with Crippen LogP contribution in [0.25, 0.3) is 0 Å². The van der Waals surface area contributed by atoms with E-state index in [0.29, 0.717) is 13.1 Å². The average Bonchev–Trinajstić information content (AvgIpc) is 2.55. The number of ether oxygens (including phenoxy) is 1. The molecule has 0 spiro atoms. The molecule has 0 aromatic heterocycles. The van der Waals surface area contributed by atoms with Gasteiger partial charge in [-0.1, -0.05) is 30.3 Å². The summed E-state index contributed by atoms with van der Waals surface area (Å²) in [5, 5.41) is 0. The molecule has 1 saturated heterocycles. The van der Waals surface area contributed by atoms with Gasteiger partial charge in [0.25, 0.3) is 0 Å². The van der Waals surface area contributed by atoms with Crippen molar-refractivity contribution in [2.45, 2.75) is 6.61 Å². The van der Waals surface area contributed by atoms with Crippen LogP contribution in [0.2, 0.25) is 0 Å². The molecule has 1 heterocycles. The number of piperazine rings is 1. The molecule has 0 unspecified atom stereocenters. The Morgan fingerprint density at radius 3 is 2.17 bits per heavy atom. The third-order valence-electron chi connectivity index (χ3n) is 4.06. The first kappa shape index (κ1) is 15.7. The molecule has 2 aromatic rings. The van der Waals surface area contributed by atoms with Crippen LogP contribution in [-0.4, -0.2) is 38.1 Å². The lowest BCUT2D eigenvalue weighted by Gasteiger charge is -2.34. The molecule has 3 rings (SSSR count). The monoisotopic (exact) mass is 318 g/mol. The van der Waals surface area contributed by atoms with Crippen molar-refractivity contribution < 1.29 is 13.5 Å². The summed E-state index contributed by atoms with van der Waals surface area (Å²) in [6.07, 6.45) is 0. The van der Waals surface area contributed by atoms with E-state index in [0.717, 1.165) is 18.7 Å². The van der Waals surface area contributed by atoms with Crippen LogP contribution in [0.4, 0.5) is 14.5 Å². The molecule has 0 aliphatic carbocycles. The Bertz CT molecular complexity index is 632. The molecular weight excluding hydrogens is 298 g/mol. The fourth-order valence-electron chi connectivity index (χ4n) is 2.70. The van der Waals surface area contributed by atoms with Gasteiger partial charge in [-0.3, -0.25) is 0 Å². The minimum Gasteiger partial charge on any atom is -0.489 e. The minimum absolute atomic E-state index is 0.0464. The van der Waals surface area contributed by atoms with Crippen LogP contribution < -0.4 is 9.64 Å². The van der Waals surface area contributed by atoms with E-state index < -0.39 is 11.6 Å². The molecule has 0 bridgehead atoms. The molecular formula is C18H20F2N2O. The van der Waals surface area contributed by atoms with Crippen LogP contribution in [0.15, 0.2) is 42.5 Å². The molecule has 0 N–H and O–H groups in total. The average molecular weight is 318 g/mol. The molecule has 0 saturated carbocycles. The number of likely N-dealkylation sites (N-methyl/N-ethyl adjacent to an activating group) is 1. The molecule has 0 amide bonds. The first-order valence-electron chi connectivity index (χ1n) is 7.73. The summed E-state index contributed by atoms with van der Waals surface area (Å²) in [7, 11) is 2.00. The SMILES string of the molecule is CN1CCN(c2c(F)cc(OCc3ccccc3)cc2F)CC1. The second kappa shape index (κ2) is 6.96. The van der Waals surface area contributed by atoms with Crippen LogP contribution >= 0.6 is 0 Å². The van der Waals surface area contributed by atoms with Gasteiger partial charge < -0.3 is 14.5 Å². The zero-order chi connectivity index (χ0) is 16.2. The quantitative estimate of drug-likeness (QED) is 0.860. The Hall–Kier alpha value is -2.14. The molecule has 0 atom stereocenters. The van der Waals surface area contributed by atoms with Gasteiger partial charge in [0.1, 0.15) is 18.0 Å². The summed E-state index contributed by atoms with van der Waals surface area (Å²) < 4.78 is 34.2. The minimum atomic E-state index is -0.572. The molecule has 122 valence electrons. The van der Waals surface area contributed by atoms with Crippen molar-refractivity contribution in [1.29, 1.82) is 0 Å². The van der Waals surface area contributed by atoms with Crippen molar-refractivity contribution in [3.63, 3.8) is 0 Å². The van der Waals surface area contributed by atoms with Crippen LogP contribution in [0.1, 0.15) is 5.56 Å². The maximum absolute atomic E-state index is 14.3. The number of rotatable bonds is 4. The zero-order valence-electron chi connectivity index (χ0n) is 13.1. The summed E-state index contributed by atoms with van der Waals surface area (Å²) in [5.74, 6) is -0.933. The summed E-state index contributed by atoms with van der Waals surface area (Å²) in [6.45, 7) is 3.12. The normalized spacial score (nSPS) is 15.7. The van der Waals surface area contributed by atoms with Crippen molar-refractivity contribution in [3.05, 3.63) is 59.7 Å². The molecule has 1 aliphatic heterocycles. The number of nitrogens with zero attached hydrogens (tertiary/aromatic N) is 2. The third-order valence-corrected chi connectivity index (χ3v) is 4.06. The van der Waals surface area contributed by atoms with E-state index in [-0.39, 0.29) is 18.0 Å². The maximum Gasteiger partial charge on any atom is 0.153 e. The Morgan fingerprint density at radius 1 is 0.957 bits per heavy atom. The van der Waals surface area contributed by atoms with E-state index in [1.54, 1.807) is 4.90 Å². The highest BCUT2D eigenvalue weighted by Crippen LogP contribution is 2.29. The summed E-state index contributed by atoms with van der Waals surface area (Å²) >= 11 is 0. The first-order valence-corrected chi connectivity index (χ1v) is 7.73. The van der Waals surface area contributed by atoms with Gasteiger partial charge in [0.05, 0.1) is 0 Å². The summed E-state index contributed by atoms with van der Waals surface area (Å²) in [5.41, 5.74) is 1.00. The highest BCUT2D eigenvalue weighted by molar-refractivity contribution is 5.52. The van der Waals surface area contributed by atoms with E-state index in [2.05, 4.69) is 4.90 Å². The van der Waals surface area contributed by atoms with Crippen LogP contribution in [-0.2, 0) is 6.61 Å². The summed E-state index contributed by atoms with van der Waals surface area (Å²) in [6, 6.07) is 12.1. The van der Waals surface area contributed by atoms with Gasteiger partial charge in [-0.05, 0) is 12.6 Å². The van der Waals surface area contributed by atoms with E-state index in [9.17, 15) is 8.78 Å². The fourth-order valence-corrected chi connectivity index (χ4v) is 2.70. The number of hydrogen-bond donors (Lipinski definition) is 0. The van der Waals surface area contributed by atoms with Crippen molar-refractivity contribution in [1.82, 2.24) is 4.90 Å². The van der Waals surface area contributed by atoms with Gasteiger partial charge in [0.15, 0.2) is 11.6 Å². The lowest BCUT2D eigenvalue weighted by molar-refractivity contribution is 0.300. The fraction of sp³-hybridized carbons (Fsp3) is 0.333. The van der Waals surface area contributed by atoms with Gasteiger partial charge >= 0.3 is 0 Å². The first-order chi connectivity index (χ1) is 11.1. The predicted molar refractivity (Wildman–Crippen MR) is 86.8 cm³/mol. The highest BCUT2D eigenvalue weighted by Gasteiger charge is 2.22. The molecule has 1 aliphatic rings. The van der Waals surface area contributed by atoms with Crippen LogP contribution in [0, 0.1) is 11.6 Å². The Labute approximate surface area is 135 Å². The summed E-state index contributed by atoms with van der Waals surface area (Å²) in [4.78, 5) is 3.90. The third kappa shape index (κ3) is 3.79. The highest BCUT2D eigenvalue weighted by atomic mass is 19.1. The Balaban J connectivity index is 1.72. The number of benzene rings is 2. The molecule has 2 aromatic carbocycles. The van der Waals surface area contributed by atoms with Crippen molar-refractivity contribution in [2.75, 3.05) is 38.1 Å². The lowest BCUT2D eigenvalue weighted by atomic mass is 10.2. The molecule has 0 radical (unpaired) electrons. The van der Waals surface area contributed by atoms with E-state index in [1.807, 2.05) is 37.4 Å². The predicted octanol–water partition coefficient (Wildman–Crippen LogP) is 3.30. The topological polar surface area (TPSA) is 15.7 Å². The van der Waals surface area contributed by atoms with Crippen molar-refractivity contribution in [3.8, 4) is 5.75 Å². The molecule has 1 fully saturated rings. The molecule has 5 heteroatoms. The number of hydrogen-bond acceptors (Lipinski definition) is 3. The maximum atomic E-state index is 14.3. The smallest absolute Gasteiger partial charge is 0.153 e. The second-order valence-electron chi connectivity index (χ2n) is 5.80. The zero-order valence-corrected chi connectivity index (χ0v) is 13.1. The van der Waals surface area contributed by atoms with Crippen LogP contribution in [0.5, 0.6) is 5.75 Å². The Kier molecular flexibility index (Phi) is 4.76. The van der Waals surface area contributed by atoms with Gasteiger partial charge in [-0.15, -0.1) is 0 Å². The van der Waals surface area contributed by atoms with Gasteiger partial charge in [0.2, 0.25) is 0 Å².